The lowest BCUT2D eigenvalue weighted by Crippen LogP contribution is -2.45. The number of rotatable bonds is 3. The summed E-state index contributed by atoms with van der Waals surface area (Å²) in [5, 5.41) is 11.5. The molecule has 2 aromatic carbocycles. The zero-order valence-corrected chi connectivity index (χ0v) is 17.6. The molecule has 0 saturated heterocycles. The van der Waals surface area contributed by atoms with Gasteiger partial charge < -0.3 is 15.4 Å². The zero-order chi connectivity index (χ0) is 21.5. The van der Waals surface area contributed by atoms with E-state index in [-0.39, 0.29) is 12.1 Å². The molecule has 1 amide bonds. The van der Waals surface area contributed by atoms with Crippen LogP contribution in [0.1, 0.15) is 26.5 Å². The normalized spacial score (nSPS) is 11.6. The molecule has 0 fully saturated rings. The van der Waals surface area contributed by atoms with Crippen LogP contribution >= 0.6 is 11.6 Å². The third-order valence-electron chi connectivity index (χ3n) is 5.00. The summed E-state index contributed by atoms with van der Waals surface area (Å²) in [6.45, 7) is 5.49. The summed E-state index contributed by atoms with van der Waals surface area (Å²) in [5.74, 6) is 0. The lowest BCUT2D eigenvalue weighted by atomic mass is 9.95. The predicted molar refractivity (Wildman–Crippen MR) is 117 cm³/mol. The number of nitrogen functional groups attached to an aromatic ring is 1. The molecule has 0 aliphatic carbocycles. The minimum absolute atomic E-state index is 0.0388. The third-order valence-corrected chi connectivity index (χ3v) is 5.24. The Morgan fingerprint density at radius 1 is 1.17 bits per heavy atom. The van der Waals surface area contributed by atoms with E-state index in [4.69, 9.17) is 17.3 Å². The van der Waals surface area contributed by atoms with E-state index in [2.05, 4.69) is 0 Å². The van der Waals surface area contributed by atoms with Crippen molar-refractivity contribution in [2.24, 2.45) is 7.05 Å². The average molecular weight is 414 g/mol. The molecule has 0 unspecified atom stereocenters. The van der Waals surface area contributed by atoms with Crippen LogP contribution < -0.4 is 11.3 Å². The highest BCUT2D eigenvalue weighted by Crippen LogP contribution is 2.34. The standard InChI is InChI=1S/C22H24ClN3O3/c1-22(2,3)26(21(28)29)12-18-19(13-6-5-7-15(24)10-13)17-11-14(23)8-9-16(17)20(27)25(18)4/h5-11H,12,24H2,1-4H3,(H,28,29). The van der Waals surface area contributed by atoms with Crippen molar-refractivity contribution in [2.75, 3.05) is 5.73 Å². The van der Waals surface area contributed by atoms with Crippen LogP contribution in [0.25, 0.3) is 21.9 Å². The number of carbonyl (C=O) groups is 1. The van der Waals surface area contributed by atoms with Crippen LogP contribution in [0, 0.1) is 0 Å². The second kappa shape index (κ2) is 7.44. The Bertz CT molecular complexity index is 1160. The molecule has 3 rings (SSSR count). The zero-order valence-electron chi connectivity index (χ0n) is 16.9. The maximum absolute atomic E-state index is 13.0. The van der Waals surface area contributed by atoms with Gasteiger partial charge in [0, 0.05) is 39.9 Å². The van der Waals surface area contributed by atoms with Gasteiger partial charge in [-0.3, -0.25) is 9.69 Å². The molecule has 7 heteroatoms. The number of aromatic nitrogens is 1. The molecule has 0 radical (unpaired) electrons. The summed E-state index contributed by atoms with van der Waals surface area (Å²) in [6.07, 6.45) is -1.06. The molecule has 0 aliphatic rings. The SMILES string of the molecule is Cn1c(CN(C(=O)O)C(C)(C)C)c(-c2cccc(N)c2)c2cc(Cl)ccc2c1=O. The fraction of sp³-hybridized carbons (Fsp3) is 0.273. The molecule has 0 saturated carbocycles. The summed E-state index contributed by atoms with van der Waals surface area (Å²) in [7, 11) is 1.66. The first-order chi connectivity index (χ1) is 13.5. The maximum atomic E-state index is 13.0. The molecule has 6 nitrogen and oxygen atoms in total. The first kappa shape index (κ1) is 20.7. The molecule has 0 bridgehead atoms. The minimum Gasteiger partial charge on any atom is -0.465 e. The first-order valence-corrected chi connectivity index (χ1v) is 9.56. The maximum Gasteiger partial charge on any atom is 0.408 e. The summed E-state index contributed by atoms with van der Waals surface area (Å²) >= 11 is 6.24. The largest absolute Gasteiger partial charge is 0.465 e. The van der Waals surface area contributed by atoms with Gasteiger partial charge in [0.15, 0.2) is 0 Å². The van der Waals surface area contributed by atoms with Crippen LogP contribution in [-0.2, 0) is 13.6 Å². The summed E-state index contributed by atoms with van der Waals surface area (Å²) < 4.78 is 1.51. The number of hydrogen-bond acceptors (Lipinski definition) is 3. The van der Waals surface area contributed by atoms with Crippen molar-refractivity contribution in [3.8, 4) is 11.1 Å². The number of pyridine rings is 1. The van der Waals surface area contributed by atoms with Crippen LogP contribution in [0.3, 0.4) is 0 Å². The number of halogens is 1. The van der Waals surface area contributed by atoms with Crippen molar-refractivity contribution in [3.05, 3.63) is 63.5 Å². The van der Waals surface area contributed by atoms with Gasteiger partial charge in [-0.2, -0.15) is 0 Å². The van der Waals surface area contributed by atoms with Crippen molar-refractivity contribution >= 4 is 34.2 Å². The van der Waals surface area contributed by atoms with Gasteiger partial charge in [0.25, 0.3) is 5.56 Å². The fourth-order valence-electron chi connectivity index (χ4n) is 3.48. The molecule has 3 N–H and O–H groups in total. The first-order valence-electron chi connectivity index (χ1n) is 9.18. The Labute approximate surface area is 174 Å². The van der Waals surface area contributed by atoms with E-state index in [9.17, 15) is 14.7 Å². The number of hydrogen-bond donors (Lipinski definition) is 2. The van der Waals surface area contributed by atoms with Crippen LogP contribution in [0.15, 0.2) is 47.3 Å². The van der Waals surface area contributed by atoms with Crippen molar-refractivity contribution in [1.82, 2.24) is 9.47 Å². The Morgan fingerprint density at radius 3 is 2.45 bits per heavy atom. The highest BCUT2D eigenvalue weighted by atomic mass is 35.5. The van der Waals surface area contributed by atoms with Gasteiger partial charge in [-0.1, -0.05) is 23.7 Å². The number of nitrogens with two attached hydrogens (primary N) is 1. The molecule has 0 aliphatic heterocycles. The summed E-state index contributed by atoms with van der Waals surface area (Å²) in [5.41, 5.74) is 7.83. The van der Waals surface area contributed by atoms with E-state index in [0.717, 1.165) is 11.1 Å². The van der Waals surface area contributed by atoms with Gasteiger partial charge in [-0.15, -0.1) is 0 Å². The number of carboxylic acid groups (broad SMARTS) is 1. The second-order valence-corrected chi connectivity index (χ2v) is 8.48. The van der Waals surface area contributed by atoms with Crippen LogP contribution in [0.4, 0.5) is 10.5 Å². The molecule has 152 valence electrons. The number of anilines is 1. The monoisotopic (exact) mass is 413 g/mol. The van der Waals surface area contributed by atoms with E-state index in [1.165, 1.54) is 9.47 Å². The fourth-order valence-corrected chi connectivity index (χ4v) is 3.65. The smallest absolute Gasteiger partial charge is 0.408 e. The molecule has 0 atom stereocenters. The van der Waals surface area contributed by atoms with Gasteiger partial charge in [-0.25, -0.2) is 4.79 Å². The van der Waals surface area contributed by atoms with Gasteiger partial charge >= 0.3 is 6.09 Å². The van der Waals surface area contributed by atoms with Crippen molar-refractivity contribution in [2.45, 2.75) is 32.9 Å². The Balaban J connectivity index is 2.42. The van der Waals surface area contributed by atoms with Gasteiger partial charge in [0.05, 0.1) is 6.54 Å². The van der Waals surface area contributed by atoms with Crippen molar-refractivity contribution in [1.29, 1.82) is 0 Å². The van der Waals surface area contributed by atoms with Crippen LogP contribution in [-0.4, -0.2) is 26.2 Å². The average Bonchev–Trinajstić information content (AvgIpc) is 2.61. The minimum atomic E-state index is -1.06. The van der Waals surface area contributed by atoms with Crippen molar-refractivity contribution < 1.29 is 9.90 Å². The van der Waals surface area contributed by atoms with Crippen LogP contribution in [0.5, 0.6) is 0 Å². The molecule has 1 heterocycles. The number of nitrogens with zero attached hydrogens (tertiary/aromatic N) is 2. The van der Waals surface area contributed by atoms with Gasteiger partial charge in [0.1, 0.15) is 0 Å². The highest BCUT2D eigenvalue weighted by Gasteiger charge is 2.29. The van der Waals surface area contributed by atoms with E-state index in [1.54, 1.807) is 31.3 Å². The molecular formula is C22H24ClN3O3. The molecule has 1 aromatic heterocycles. The van der Waals surface area contributed by atoms with Crippen LogP contribution in [0.2, 0.25) is 5.02 Å². The number of fused-ring (bicyclic) bond motifs is 1. The Morgan fingerprint density at radius 2 is 1.86 bits per heavy atom. The number of amides is 1. The van der Waals surface area contributed by atoms with Crippen molar-refractivity contribution in [3.63, 3.8) is 0 Å². The highest BCUT2D eigenvalue weighted by molar-refractivity contribution is 6.31. The number of benzene rings is 2. The molecule has 29 heavy (non-hydrogen) atoms. The Hall–Kier alpha value is -2.99. The van der Waals surface area contributed by atoms with E-state index in [0.29, 0.717) is 27.2 Å². The second-order valence-electron chi connectivity index (χ2n) is 8.04. The van der Waals surface area contributed by atoms with E-state index in [1.807, 2.05) is 39.0 Å². The van der Waals surface area contributed by atoms with Gasteiger partial charge in [0.2, 0.25) is 0 Å². The lowest BCUT2D eigenvalue weighted by Gasteiger charge is -2.34. The summed E-state index contributed by atoms with van der Waals surface area (Å²) in [4.78, 5) is 26.3. The molecular weight excluding hydrogens is 390 g/mol. The third kappa shape index (κ3) is 3.93. The predicted octanol–water partition coefficient (Wildman–Crippen LogP) is 4.72. The summed E-state index contributed by atoms with van der Waals surface area (Å²) in [6, 6.07) is 12.4. The molecule has 3 aromatic rings. The quantitative estimate of drug-likeness (QED) is 0.608. The van der Waals surface area contributed by atoms with E-state index < -0.39 is 11.6 Å². The Kier molecular flexibility index (Phi) is 5.32. The lowest BCUT2D eigenvalue weighted by molar-refractivity contribution is 0.0941. The topological polar surface area (TPSA) is 88.6 Å². The van der Waals surface area contributed by atoms with Gasteiger partial charge in [-0.05, 0) is 62.1 Å². The molecule has 0 spiro atoms. The van der Waals surface area contributed by atoms with E-state index >= 15 is 0 Å².